The predicted molar refractivity (Wildman–Crippen MR) is 57.8 cm³/mol. The number of carbonyl (C=O) groups is 2. The summed E-state index contributed by atoms with van der Waals surface area (Å²) >= 11 is 1.74. The highest BCUT2D eigenvalue weighted by Crippen LogP contribution is 2.21. The quantitative estimate of drug-likeness (QED) is 0.820. The second-order valence-electron chi connectivity index (χ2n) is 2.73. The van der Waals surface area contributed by atoms with Gasteiger partial charge in [0, 0.05) is 3.57 Å². The summed E-state index contributed by atoms with van der Waals surface area (Å²) in [4.78, 5) is 21.5. The number of rotatable bonds is 2. The van der Waals surface area contributed by atoms with Crippen LogP contribution >= 0.6 is 22.6 Å². The average molecular weight is 306 g/mol. The number of halogens is 1. The Morgan fingerprint density at radius 3 is 2.21 bits per heavy atom. The first kappa shape index (κ1) is 11.0. The lowest BCUT2D eigenvalue weighted by Crippen LogP contribution is -2.09. The first-order chi connectivity index (χ1) is 6.45. The molecule has 0 saturated heterocycles. The molecule has 0 atom stereocenters. The van der Waals surface area contributed by atoms with Gasteiger partial charge < -0.3 is 10.2 Å². The lowest BCUT2D eigenvalue weighted by Gasteiger charge is -2.06. The van der Waals surface area contributed by atoms with Gasteiger partial charge >= 0.3 is 11.9 Å². The first-order valence-electron chi connectivity index (χ1n) is 3.71. The van der Waals surface area contributed by atoms with Crippen molar-refractivity contribution in [1.82, 2.24) is 0 Å². The number of carboxylic acids is 2. The molecule has 0 unspecified atom stereocenters. The van der Waals surface area contributed by atoms with Crippen molar-refractivity contribution in [3.8, 4) is 0 Å². The molecular weight excluding hydrogens is 299 g/mol. The van der Waals surface area contributed by atoms with Gasteiger partial charge in [-0.3, -0.25) is 0 Å². The van der Waals surface area contributed by atoms with E-state index in [-0.39, 0.29) is 14.7 Å². The van der Waals surface area contributed by atoms with Crippen LogP contribution in [0.2, 0.25) is 0 Å². The van der Waals surface area contributed by atoms with Crippen LogP contribution in [0, 0.1) is 10.5 Å². The molecular formula is C9H7IO4. The van der Waals surface area contributed by atoms with Gasteiger partial charge in [0.25, 0.3) is 0 Å². The van der Waals surface area contributed by atoms with Crippen molar-refractivity contribution in [2.45, 2.75) is 6.92 Å². The lowest BCUT2D eigenvalue weighted by molar-refractivity contribution is 0.0695. The Bertz CT molecular complexity index is 412. The normalized spacial score (nSPS) is 9.86. The Hall–Kier alpha value is -1.11. The van der Waals surface area contributed by atoms with E-state index in [2.05, 4.69) is 0 Å². The molecule has 4 nitrogen and oxygen atoms in total. The zero-order valence-electron chi connectivity index (χ0n) is 7.24. The van der Waals surface area contributed by atoms with Crippen LogP contribution in [0.3, 0.4) is 0 Å². The summed E-state index contributed by atoms with van der Waals surface area (Å²) in [7, 11) is 0. The van der Waals surface area contributed by atoms with E-state index in [0.29, 0.717) is 5.56 Å². The van der Waals surface area contributed by atoms with Gasteiger partial charge in [0.2, 0.25) is 0 Å². The molecule has 74 valence electrons. The Morgan fingerprint density at radius 1 is 1.21 bits per heavy atom. The highest BCUT2D eigenvalue weighted by molar-refractivity contribution is 14.1. The molecule has 0 aromatic heterocycles. The van der Waals surface area contributed by atoms with Crippen molar-refractivity contribution >= 4 is 34.5 Å². The van der Waals surface area contributed by atoms with Crippen LogP contribution in [-0.2, 0) is 0 Å². The molecule has 0 saturated carbocycles. The third-order valence-corrected chi connectivity index (χ3v) is 2.92. The SMILES string of the molecule is Cc1ccc(C(=O)O)c(I)c1C(=O)O. The van der Waals surface area contributed by atoms with Gasteiger partial charge in [-0.25, -0.2) is 9.59 Å². The third-order valence-electron chi connectivity index (χ3n) is 1.79. The third kappa shape index (κ3) is 1.87. The van der Waals surface area contributed by atoms with E-state index in [1.54, 1.807) is 29.5 Å². The maximum Gasteiger partial charge on any atom is 0.337 e. The van der Waals surface area contributed by atoms with E-state index in [0.717, 1.165) is 0 Å². The highest BCUT2D eigenvalue weighted by atomic mass is 127. The summed E-state index contributed by atoms with van der Waals surface area (Å²) in [6.45, 7) is 1.64. The standard InChI is InChI=1S/C9H7IO4/c1-4-2-3-5(8(11)12)7(10)6(4)9(13)14/h2-3H,1H3,(H,11,12)(H,13,14). The molecule has 14 heavy (non-hydrogen) atoms. The fourth-order valence-electron chi connectivity index (χ4n) is 1.10. The molecule has 0 radical (unpaired) electrons. The van der Waals surface area contributed by atoms with Crippen LogP contribution in [0.4, 0.5) is 0 Å². The zero-order valence-corrected chi connectivity index (χ0v) is 9.40. The number of aryl methyl sites for hydroxylation is 1. The fraction of sp³-hybridized carbons (Fsp3) is 0.111. The van der Waals surface area contributed by atoms with E-state index >= 15 is 0 Å². The van der Waals surface area contributed by atoms with Crippen LogP contribution in [-0.4, -0.2) is 22.2 Å². The lowest BCUT2D eigenvalue weighted by atomic mass is 10.1. The van der Waals surface area contributed by atoms with Gasteiger partial charge in [0.05, 0.1) is 11.1 Å². The van der Waals surface area contributed by atoms with Crippen LogP contribution in [0.25, 0.3) is 0 Å². The highest BCUT2D eigenvalue weighted by Gasteiger charge is 2.18. The molecule has 5 heteroatoms. The molecule has 0 aliphatic rings. The van der Waals surface area contributed by atoms with Crippen molar-refractivity contribution in [3.05, 3.63) is 32.4 Å². The number of hydrogen-bond donors (Lipinski definition) is 2. The molecule has 0 aliphatic carbocycles. The van der Waals surface area contributed by atoms with Crippen LogP contribution < -0.4 is 0 Å². The van der Waals surface area contributed by atoms with E-state index in [1.807, 2.05) is 0 Å². The zero-order chi connectivity index (χ0) is 10.9. The van der Waals surface area contributed by atoms with Crippen molar-refractivity contribution in [1.29, 1.82) is 0 Å². The minimum absolute atomic E-state index is 0.0219. The topological polar surface area (TPSA) is 74.6 Å². The Kier molecular flexibility index (Phi) is 3.10. The minimum Gasteiger partial charge on any atom is -0.478 e. The largest absolute Gasteiger partial charge is 0.478 e. The molecule has 0 bridgehead atoms. The van der Waals surface area contributed by atoms with E-state index in [9.17, 15) is 9.59 Å². The monoisotopic (exact) mass is 306 g/mol. The molecule has 1 rings (SSSR count). The molecule has 0 spiro atoms. The van der Waals surface area contributed by atoms with Gasteiger partial charge in [0.1, 0.15) is 0 Å². The summed E-state index contributed by atoms with van der Waals surface area (Å²) in [6.07, 6.45) is 0. The van der Waals surface area contributed by atoms with Crippen molar-refractivity contribution < 1.29 is 19.8 Å². The summed E-state index contributed by atoms with van der Waals surface area (Å²) in [5.41, 5.74) is 0.644. The maximum atomic E-state index is 10.8. The summed E-state index contributed by atoms with van der Waals surface area (Å²) in [5, 5.41) is 17.6. The van der Waals surface area contributed by atoms with Crippen LogP contribution in [0.1, 0.15) is 26.3 Å². The van der Waals surface area contributed by atoms with Gasteiger partial charge in [-0.2, -0.15) is 0 Å². The molecule has 0 heterocycles. The molecule has 0 amide bonds. The summed E-state index contributed by atoms with van der Waals surface area (Å²) in [6, 6.07) is 2.90. The van der Waals surface area contributed by atoms with Crippen molar-refractivity contribution in [2.75, 3.05) is 0 Å². The molecule has 0 aliphatic heterocycles. The Morgan fingerprint density at radius 2 is 1.79 bits per heavy atom. The molecule has 1 aromatic rings. The maximum absolute atomic E-state index is 10.8. The van der Waals surface area contributed by atoms with Crippen LogP contribution in [0.15, 0.2) is 12.1 Å². The molecule has 1 aromatic carbocycles. The second-order valence-corrected chi connectivity index (χ2v) is 3.81. The summed E-state index contributed by atoms with van der Waals surface area (Å²) < 4.78 is 0.266. The number of benzene rings is 1. The number of aromatic carboxylic acids is 2. The Balaban J connectivity index is 3.49. The van der Waals surface area contributed by atoms with Gasteiger partial charge in [-0.05, 0) is 41.1 Å². The Labute approximate surface area is 93.7 Å². The summed E-state index contributed by atoms with van der Waals surface area (Å²) in [5.74, 6) is -2.22. The minimum atomic E-state index is -1.11. The predicted octanol–water partition coefficient (Wildman–Crippen LogP) is 2.00. The first-order valence-corrected chi connectivity index (χ1v) is 4.78. The number of carboxylic acid groups (broad SMARTS) is 2. The van der Waals surface area contributed by atoms with E-state index in [4.69, 9.17) is 10.2 Å². The smallest absolute Gasteiger partial charge is 0.337 e. The van der Waals surface area contributed by atoms with Crippen LogP contribution in [0.5, 0.6) is 0 Å². The van der Waals surface area contributed by atoms with Crippen molar-refractivity contribution in [2.24, 2.45) is 0 Å². The molecule has 0 fully saturated rings. The second kappa shape index (κ2) is 3.95. The molecule has 2 N–H and O–H groups in total. The van der Waals surface area contributed by atoms with Gasteiger partial charge in [-0.1, -0.05) is 6.07 Å². The number of hydrogen-bond acceptors (Lipinski definition) is 2. The van der Waals surface area contributed by atoms with E-state index < -0.39 is 11.9 Å². The van der Waals surface area contributed by atoms with Gasteiger partial charge in [0.15, 0.2) is 0 Å². The average Bonchev–Trinajstić information content (AvgIpc) is 2.02. The van der Waals surface area contributed by atoms with Crippen molar-refractivity contribution in [3.63, 3.8) is 0 Å². The fourth-order valence-corrected chi connectivity index (χ4v) is 2.17. The van der Waals surface area contributed by atoms with E-state index in [1.165, 1.54) is 12.1 Å². The van der Waals surface area contributed by atoms with Gasteiger partial charge in [-0.15, -0.1) is 0 Å².